The smallest absolute Gasteiger partial charge is 0.295 e. The third-order valence-corrected chi connectivity index (χ3v) is 11.4. The lowest BCUT2D eigenvalue weighted by Crippen LogP contribution is -2.59. The molecule has 2 aromatic carbocycles. The van der Waals surface area contributed by atoms with Gasteiger partial charge in [-0.25, -0.2) is 4.99 Å². The van der Waals surface area contributed by atoms with Gasteiger partial charge in [0.1, 0.15) is 9.79 Å². The molecular formula is C42H68N14O10S2. The zero-order valence-electron chi connectivity index (χ0n) is 39.7. The van der Waals surface area contributed by atoms with Crippen LogP contribution < -0.4 is 31.5 Å². The molecule has 1 aliphatic rings. The van der Waals surface area contributed by atoms with E-state index in [4.69, 9.17) is 0 Å². The van der Waals surface area contributed by atoms with Crippen LogP contribution in [0.2, 0.25) is 0 Å². The van der Waals surface area contributed by atoms with Crippen molar-refractivity contribution in [1.82, 2.24) is 40.3 Å². The summed E-state index contributed by atoms with van der Waals surface area (Å²) in [5, 5.41) is 56.2. The second-order valence-corrected chi connectivity index (χ2v) is 19.9. The van der Waals surface area contributed by atoms with E-state index in [9.17, 15) is 46.4 Å². The quantitative estimate of drug-likeness (QED) is 0.0301. The lowest BCUT2D eigenvalue weighted by Gasteiger charge is -2.34. The predicted octanol–water partition coefficient (Wildman–Crippen LogP) is 0.826. The summed E-state index contributed by atoms with van der Waals surface area (Å²) in [6, 6.07) is 8.03. The molecule has 378 valence electrons. The van der Waals surface area contributed by atoms with E-state index in [0.29, 0.717) is 19.0 Å². The van der Waals surface area contributed by atoms with Gasteiger partial charge in [-0.3, -0.25) is 19.4 Å². The minimum Gasteiger partial charge on any atom is -0.392 e. The van der Waals surface area contributed by atoms with Gasteiger partial charge in [0, 0.05) is 50.6 Å². The summed E-state index contributed by atoms with van der Waals surface area (Å²) in [6.07, 6.45) is -0.115. The van der Waals surface area contributed by atoms with Crippen LogP contribution in [0, 0.1) is 0 Å². The Kier molecular flexibility index (Phi) is 20.6. The Morgan fingerprint density at radius 1 is 0.706 bits per heavy atom. The van der Waals surface area contributed by atoms with Gasteiger partial charge >= 0.3 is 0 Å². The second kappa shape index (κ2) is 25.4. The molecule has 0 spiro atoms. The van der Waals surface area contributed by atoms with Crippen LogP contribution in [0.3, 0.4) is 0 Å². The monoisotopic (exact) mass is 992 g/mol. The molecule has 24 nitrogen and oxygen atoms in total. The van der Waals surface area contributed by atoms with E-state index in [2.05, 4.69) is 51.5 Å². The third kappa shape index (κ3) is 18.7. The van der Waals surface area contributed by atoms with Crippen LogP contribution in [0.15, 0.2) is 56.2 Å². The third-order valence-electron chi connectivity index (χ3n) is 9.58. The van der Waals surface area contributed by atoms with Gasteiger partial charge in [-0.2, -0.15) is 31.8 Å². The number of guanidine groups is 2. The Bertz CT molecular complexity index is 2420. The zero-order chi connectivity index (χ0) is 50.3. The molecule has 1 aromatic heterocycles. The van der Waals surface area contributed by atoms with E-state index < -0.39 is 60.7 Å². The standard InChI is InChI=1S/C42H68N14O10S2/c1-27(57)23-55(24-28(2)58)41-49-37(43-17-9-19-53(5)6)47-39(51-41)45-33-15-13-31(35(21-33)67(61,62)63)11-12-32-14-16-34(22-36(32)68(64,65)66)46-40-48-38(44-18-10-20-54(7)8)50-42(52-40)56(25-29(3)59)26-30(4)60/h11-16,21-22,27-30,39,45,57-60H,9-10,17-20,23-26H2,1-8H3,(H,61,62,63)(H,64,65,66)(H2,43,47,49,51)(H2,44,46,48,50,52)/b12-11+. The minimum atomic E-state index is -4.90. The molecule has 0 fully saturated rings. The Morgan fingerprint density at radius 3 is 1.74 bits per heavy atom. The van der Waals surface area contributed by atoms with Gasteiger partial charge < -0.3 is 61.3 Å². The maximum atomic E-state index is 12.8. The lowest BCUT2D eigenvalue weighted by molar-refractivity contribution is 0.118. The van der Waals surface area contributed by atoms with E-state index in [0.717, 1.165) is 32.0 Å². The number of hydrogen-bond acceptors (Lipinski definition) is 20. The maximum absolute atomic E-state index is 12.8. The fourth-order valence-corrected chi connectivity index (χ4v) is 8.19. The average Bonchev–Trinajstić information content (AvgIpc) is 3.21. The van der Waals surface area contributed by atoms with Crippen LogP contribution in [-0.4, -0.2) is 199 Å². The van der Waals surface area contributed by atoms with Gasteiger partial charge in [-0.05, 0) is 117 Å². The van der Waals surface area contributed by atoms with Crippen molar-refractivity contribution < 1.29 is 46.4 Å². The summed E-state index contributed by atoms with van der Waals surface area (Å²) >= 11 is 0. The molecule has 0 saturated heterocycles. The van der Waals surface area contributed by atoms with Gasteiger partial charge in [0.2, 0.25) is 29.8 Å². The van der Waals surface area contributed by atoms with Crippen LogP contribution in [-0.2, 0) is 20.2 Å². The van der Waals surface area contributed by atoms with E-state index in [1.807, 2.05) is 38.0 Å². The Balaban J connectivity index is 1.68. The van der Waals surface area contributed by atoms with Crippen LogP contribution in [0.4, 0.5) is 29.2 Å². The molecule has 5 unspecified atom stereocenters. The van der Waals surface area contributed by atoms with E-state index in [-0.39, 0.29) is 72.5 Å². The summed E-state index contributed by atoms with van der Waals surface area (Å²) in [6.45, 7) is 9.26. The van der Waals surface area contributed by atoms with Crippen molar-refractivity contribution in [2.24, 2.45) is 9.98 Å². The molecule has 0 amide bonds. The van der Waals surface area contributed by atoms with Crippen molar-refractivity contribution in [3.8, 4) is 0 Å². The van der Waals surface area contributed by atoms with Crippen LogP contribution in [0.1, 0.15) is 51.7 Å². The molecule has 0 bridgehead atoms. The van der Waals surface area contributed by atoms with Crippen LogP contribution >= 0.6 is 0 Å². The fraction of sp³-hybridized carbons (Fsp3) is 0.548. The summed E-state index contributed by atoms with van der Waals surface area (Å²) in [5.74, 6) is 0.869. The Labute approximate surface area is 398 Å². The summed E-state index contributed by atoms with van der Waals surface area (Å²) < 4.78 is 72.0. The van der Waals surface area contributed by atoms with Crippen LogP contribution in [0.5, 0.6) is 0 Å². The molecule has 1 aliphatic heterocycles. The molecule has 4 rings (SSSR count). The first-order chi connectivity index (χ1) is 31.9. The first-order valence-electron chi connectivity index (χ1n) is 22.0. The molecule has 68 heavy (non-hydrogen) atoms. The zero-order valence-corrected chi connectivity index (χ0v) is 41.4. The summed E-state index contributed by atoms with van der Waals surface area (Å²) in [4.78, 5) is 28.9. The summed E-state index contributed by atoms with van der Waals surface area (Å²) in [7, 11) is -2.01. The number of nitrogens with one attached hydrogen (secondary N) is 5. The largest absolute Gasteiger partial charge is 0.392 e. The van der Waals surface area contributed by atoms with Gasteiger partial charge in [0.25, 0.3) is 20.2 Å². The highest BCUT2D eigenvalue weighted by Gasteiger charge is 2.26. The van der Waals surface area contributed by atoms with Crippen molar-refractivity contribution in [1.29, 1.82) is 0 Å². The molecule has 0 aliphatic carbocycles. The fourth-order valence-electron chi connectivity index (χ4n) is 6.77. The number of aliphatic hydroxyl groups is 4. The number of aliphatic hydroxyl groups excluding tert-OH is 4. The van der Waals surface area contributed by atoms with Gasteiger partial charge in [-0.15, -0.1) is 0 Å². The average molecular weight is 993 g/mol. The van der Waals surface area contributed by atoms with Crippen molar-refractivity contribution in [3.05, 3.63) is 47.5 Å². The SMILES string of the molecule is CC(O)CN(CC(C)O)C1=NC(Nc2ccc(/C=C/c3ccc(Nc4nc(NCCCN(C)C)nc(N(CC(C)O)CC(C)O)n4)cc3S(=O)(=O)O)c(S(=O)(=O)O)c2)NC(=NCCCN(C)C)N1. The number of anilines is 5. The van der Waals surface area contributed by atoms with E-state index in [1.165, 1.54) is 42.5 Å². The molecule has 3 aromatic rings. The van der Waals surface area contributed by atoms with Gasteiger partial charge in [-0.1, -0.05) is 24.3 Å². The molecule has 2 heterocycles. The normalized spacial score (nSPS) is 16.8. The first-order valence-corrected chi connectivity index (χ1v) is 24.9. The highest BCUT2D eigenvalue weighted by atomic mass is 32.2. The number of hydrogen-bond donors (Lipinski definition) is 11. The maximum Gasteiger partial charge on any atom is 0.295 e. The number of aromatic nitrogens is 3. The lowest BCUT2D eigenvalue weighted by atomic mass is 10.1. The van der Waals surface area contributed by atoms with Crippen molar-refractivity contribution >= 4 is 73.5 Å². The number of benzene rings is 2. The highest BCUT2D eigenvalue weighted by Crippen LogP contribution is 2.28. The molecule has 26 heteroatoms. The second-order valence-electron chi connectivity index (χ2n) is 17.1. The van der Waals surface area contributed by atoms with Crippen molar-refractivity contribution in [3.63, 3.8) is 0 Å². The highest BCUT2D eigenvalue weighted by molar-refractivity contribution is 7.86. The molecule has 0 radical (unpaired) electrons. The molecular weight excluding hydrogens is 925 g/mol. The molecule has 11 N–H and O–H groups in total. The number of rotatable bonds is 26. The predicted molar refractivity (Wildman–Crippen MR) is 263 cm³/mol. The Morgan fingerprint density at radius 2 is 1.21 bits per heavy atom. The van der Waals surface area contributed by atoms with Crippen LogP contribution in [0.25, 0.3) is 12.2 Å². The number of aliphatic imine (C=N–C) groups is 2. The van der Waals surface area contributed by atoms with Crippen molar-refractivity contribution in [2.45, 2.75) is 81.0 Å². The topological polar surface area (TPSA) is 326 Å². The van der Waals surface area contributed by atoms with E-state index in [1.54, 1.807) is 37.5 Å². The van der Waals surface area contributed by atoms with E-state index >= 15 is 0 Å². The first kappa shape index (κ1) is 55.3. The molecule has 5 atom stereocenters. The van der Waals surface area contributed by atoms with Gasteiger partial charge in [0.15, 0.2) is 6.29 Å². The van der Waals surface area contributed by atoms with Gasteiger partial charge in [0.05, 0.1) is 24.4 Å². The molecule has 0 saturated carbocycles. The van der Waals surface area contributed by atoms with Crippen molar-refractivity contribution in [2.75, 3.05) is 101 Å². The Hall–Kier alpha value is -5.29. The number of nitrogens with zero attached hydrogens (tertiary/aromatic N) is 9. The summed E-state index contributed by atoms with van der Waals surface area (Å²) in [5.41, 5.74) is 0.257. The minimum absolute atomic E-state index is 0.0238.